The van der Waals surface area contributed by atoms with E-state index in [9.17, 15) is 0 Å². The van der Waals surface area contributed by atoms with Gasteiger partial charge in [0.05, 0.1) is 7.11 Å². The lowest BCUT2D eigenvalue weighted by atomic mass is 10.0. The summed E-state index contributed by atoms with van der Waals surface area (Å²) in [5.74, 6) is 0.917. The molecule has 1 fully saturated rings. The SMILES string of the molecule is COc1ccc(Cl)cc1[C@H](C)N1CCNCC1.Cl.Cl. The molecule has 1 aromatic rings. The molecule has 0 spiro atoms. The largest absolute Gasteiger partial charge is 0.496 e. The van der Waals surface area contributed by atoms with Gasteiger partial charge in [-0.1, -0.05) is 11.6 Å². The Morgan fingerprint density at radius 1 is 1.26 bits per heavy atom. The molecule has 3 nitrogen and oxygen atoms in total. The van der Waals surface area contributed by atoms with Crippen LogP contribution < -0.4 is 10.1 Å². The molecular weight excluding hydrogens is 307 g/mol. The number of nitrogens with one attached hydrogen (secondary N) is 1. The maximum absolute atomic E-state index is 6.07. The second kappa shape index (κ2) is 8.88. The summed E-state index contributed by atoms with van der Waals surface area (Å²) in [5, 5.41) is 4.13. The van der Waals surface area contributed by atoms with Crippen molar-refractivity contribution in [2.75, 3.05) is 33.3 Å². The van der Waals surface area contributed by atoms with Crippen molar-refractivity contribution >= 4 is 36.4 Å². The molecule has 1 aliphatic rings. The van der Waals surface area contributed by atoms with Crippen LogP contribution >= 0.6 is 36.4 Å². The Morgan fingerprint density at radius 2 is 1.89 bits per heavy atom. The lowest BCUT2D eigenvalue weighted by Crippen LogP contribution is -2.44. The molecule has 0 radical (unpaired) electrons. The molecule has 19 heavy (non-hydrogen) atoms. The van der Waals surface area contributed by atoms with Gasteiger partial charge in [-0.05, 0) is 25.1 Å². The van der Waals surface area contributed by atoms with E-state index in [1.807, 2.05) is 18.2 Å². The number of hydrogen-bond acceptors (Lipinski definition) is 3. The average Bonchev–Trinajstić information content (AvgIpc) is 2.39. The van der Waals surface area contributed by atoms with E-state index in [2.05, 4.69) is 17.1 Å². The van der Waals surface area contributed by atoms with Crippen LogP contribution in [0.3, 0.4) is 0 Å². The first-order valence-electron chi connectivity index (χ1n) is 6.00. The first-order chi connectivity index (χ1) is 8.22. The highest BCUT2D eigenvalue weighted by Gasteiger charge is 2.20. The quantitative estimate of drug-likeness (QED) is 0.923. The fourth-order valence-corrected chi connectivity index (χ4v) is 2.48. The van der Waals surface area contributed by atoms with Gasteiger partial charge >= 0.3 is 0 Å². The average molecular weight is 328 g/mol. The summed E-state index contributed by atoms with van der Waals surface area (Å²) < 4.78 is 5.41. The van der Waals surface area contributed by atoms with E-state index in [0.717, 1.165) is 37.0 Å². The third kappa shape index (κ3) is 4.69. The van der Waals surface area contributed by atoms with Crippen LogP contribution in [0.4, 0.5) is 0 Å². The Bertz CT molecular complexity index is 384. The molecule has 6 heteroatoms. The topological polar surface area (TPSA) is 24.5 Å². The molecule has 110 valence electrons. The van der Waals surface area contributed by atoms with Gasteiger partial charge in [0.2, 0.25) is 0 Å². The van der Waals surface area contributed by atoms with E-state index < -0.39 is 0 Å². The number of hydrogen-bond donors (Lipinski definition) is 1. The minimum Gasteiger partial charge on any atom is -0.496 e. The smallest absolute Gasteiger partial charge is 0.123 e. The van der Waals surface area contributed by atoms with Gasteiger partial charge in [0.15, 0.2) is 0 Å². The Hall–Kier alpha value is -0.190. The van der Waals surface area contributed by atoms with Crippen molar-refractivity contribution in [1.82, 2.24) is 10.2 Å². The predicted molar refractivity (Wildman–Crippen MR) is 85.4 cm³/mol. The molecule has 0 aliphatic carbocycles. The Labute approximate surface area is 132 Å². The molecule has 1 N–H and O–H groups in total. The van der Waals surface area contributed by atoms with Gasteiger partial charge in [-0.25, -0.2) is 0 Å². The van der Waals surface area contributed by atoms with Crippen molar-refractivity contribution in [3.05, 3.63) is 28.8 Å². The van der Waals surface area contributed by atoms with Crippen LogP contribution in [0.2, 0.25) is 5.02 Å². The lowest BCUT2D eigenvalue weighted by molar-refractivity contribution is 0.182. The van der Waals surface area contributed by atoms with Gasteiger partial charge < -0.3 is 10.1 Å². The van der Waals surface area contributed by atoms with E-state index in [4.69, 9.17) is 16.3 Å². The van der Waals surface area contributed by atoms with Crippen LogP contribution in [-0.4, -0.2) is 38.2 Å². The summed E-state index contributed by atoms with van der Waals surface area (Å²) in [6.45, 7) is 6.44. The summed E-state index contributed by atoms with van der Waals surface area (Å²) in [6, 6.07) is 6.16. The number of ether oxygens (including phenoxy) is 1. The van der Waals surface area contributed by atoms with E-state index in [0.29, 0.717) is 6.04 Å². The molecule has 1 aromatic carbocycles. The number of nitrogens with zero attached hydrogens (tertiary/aromatic N) is 1. The molecule has 1 aliphatic heterocycles. The minimum absolute atomic E-state index is 0. The molecule has 0 amide bonds. The molecule has 1 saturated heterocycles. The number of rotatable bonds is 3. The van der Waals surface area contributed by atoms with Gasteiger partial charge in [0, 0.05) is 42.8 Å². The van der Waals surface area contributed by atoms with E-state index >= 15 is 0 Å². The molecule has 0 unspecified atom stereocenters. The number of methoxy groups -OCH3 is 1. The van der Waals surface area contributed by atoms with Crippen LogP contribution in [0.25, 0.3) is 0 Å². The molecule has 0 bridgehead atoms. The fourth-order valence-electron chi connectivity index (χ4n) is 2.30. The second-order valence-corrected chi connectivity index (χ2v) is 4.78. The van der Waals surface area contributed by atoms with Gasteiger partial charge in [0.25, 0.3) is 0 Å². The Kier molecular flexibility index (Phi) is 8.79. The third-order valence-corrected chi connectivity index (χ3v) is 3.58. The van der Waals surface area contributed by atoms with Gasteiger partial charge in [0.1, 0.15) is 5.75 Å². The van der Waals surface area contributed by atoms with Crippen molar-refractivity contribution in [2.45, 2.75) is 13.0 Å². The predicted octanol–water partition coefficient (Wildman–Crippen LogP) is 3.16. The molecule has 1 atom stereocenters. The molecule has 2 rings (SSSR count). The summed E-state index contributed by atoms with van der Waals surface area (Å²) in [4.78, 5) is 2.45. The zero-order valence-corrected chi connectivity index (χ0v) is 13.6. The van der Waals surface area contributed by atoms with Gasteiger partial charge in [-0.15, -0.1) is 24.8 Å². The summed E-state index contributed by atoms with van der Waals surface area (Å²) in [7, 11) is 1.71. The highest BCUT2D eigenvalue weighted by Crippen LogP contribution is 2.31. The molecule has 0 aromatic heterocycles. The summed E-state index contributed by atoms with van der Waals surface area (Å²) in [5.41, 5.74) is 1.17. The maximum Gasteiger partial charge on any atom is 0.123 e. The van der Waals surface area contributed by atoms with Crippen LogP contribution in [0.15, 0.2) is 18.2 Å². The first kappa shape index (κ1) is 18.8. The normalized spacial score (nSPS) is 17.0. The number of benzene rings is 1. The van der Waals surface area contributed by atoms with Crippen LogP contribution in [0, 0.1) is 0 Å². The number of halogens is 3. The summed E-state index contributed by atoms with van der Waals surface area (Å²) >= 11 is 6.07. The van der Waals surface area contributed by atoms with Crippen LogP contribution in [0.1, 0.15) is 18.5 Å². The van der Waals surface area contributed by atoms with Crippen molar-refractivity contribution in [3.8, 4) is 5.75 Å². The molecule has 0 saturated carbocycles. The monoisotopic (exact) mass is 326 g/mol. The zero-order chi connectivity index (χ0) is 12.3. The third-order valence-electron chi connectivity index (χ3n) is 3.34. The summed E-state index contributed by atoms with van der Waals surface area (Å²) in [6.07, 6.45) is 0. The molecular formula is C13H21Cl3N2O. The Morgan fingerprint density at radius 3 is 2.47 bits per heavy atom. The van der Waals surface area contributed by atoms with Crippen molar-refractivity contribution in [2.24, 2.45) is 0 Å². The number of piperazine rings is 1. The van der Waals surface area contributed by atoms with Crippen molar-refractivity contribution < 1.29 is 4.74 Å². The first-order valence-corrected chi connectivity index (χ1v) is 6.38. The highest BCUT2D eigenvalue weighted by atomic mass is 35.5. The van der Waals surface area contributed by atoms with E-state index in [1.165, 1.54) is 5.56 Å². The van der Waals surface area contributed by atoms with Crippen LogP contribution in [0.5, 0.6) is 5.75 Å². The molecule has 1 heterocycles. The highest BCUT2D eigenvalue weighted by molar-refractivity contribution is 6.30. The van der Waals surface area contributed by atoms with E-state index in [-0.39, 0.29) is 24.8 Å². The van der Waals surface area contributed by atoms with Gasteiger partial charge in [-0.2, -0.15) is 0 Å². The lowest BCUT2D eigenvalue weighted by Gasteiger charge is -2.33. The zero-order valence-electron chi connectivity index (χ0n) is 11.2. The maximum atomic E-state index is 6.07. The minimum atomic E-state index is 0. The Balaban J connectivity index is 0.00000162. The fraction of sp³-hybridized carbons (Fsp3) is 0.538. The second-order valence-electron chi connectivity index (χ2n) is 4.35. The van der Waals surface area contributed by atoms with Crippen molar-refractivity contribution in [1.29, 1.82) is 0 Å². The van der Waals surface area contributed by atoms with E-state index in [1.54, 1.807) is 7.11 Å². The van der Waals surface area contributed by atoms with Gasteiger partial charge in [-0.3, -0.25) is 4.90 Å². The standard InChI is InChI=1S/C13H19ClN2O.2ClH/c1-10(16-7-5-15-6-8-16)12-9-11(14)3-4-13(12)17-2;;/h3-4,9-10,15H,5-8H2,1-2H3;2*1H/t10-;;/m0../s1. The van der Waals surface area contributed by atoms with Crippen molar-refractivity contribution in [3.63, 3.8) is 0 Å². The van der Waals surface area contributed by atoms with Crippen LogP contribution in [-0.2, 0) is 0 Å².